The molecular formula is C19H25N5S. The van der Waals surface area contributed by atoms with Crippen molar-refractivity contribution in [1.82, 2.24) is 24.4 Å². The smallest absolute Gasteiger partial charge is 0.167 e. The fourth-order valence-corrected chi connectivity index (χ4v) is 4.53. The summed E-state index contributed by atoms with van der Waals surface area (Å²) in [5.41, 5.74) is 3.65. The minimum atomic E-state index is 0.556. The molecule has 1 fully saturated rings. The van der Waals surface area contributed by atoms with Gasteiger partial charge < -0.3 is 9.55 Å². The van der Waals surface area contributed by atoms with Crippen molar-refractivity contribution in [2.45, 2.75) is 43.9 Å². The number of rotatable bonds is 5. The second-order valence-corrected chi connectivity index (χ2v) is 7.49. The Labute approximate surface area is 152 Å². The van der Waals surface area contributed by atoms with Crippen LogP contribution in [0, 0.1) is 0 Å². The second kappa shape index (κ2) is 7.22. The summed E-state index contributed by atoms with van der Waals surface area (Å²) in [6, 6.07) is 6.41. The summed E-state index contributed by atoms with van der Waals surface area (Å²) in [4.78, 5) is 15.1. The van der Waals surface area contributed by atoms with Crippen LogP contribution in [0.15, 0.2) is 35.7 Å². The highest BCUT2D eigenvalue weighted by Crippen LogP contribution is 2.29. The summed E-state index contributed by atoms with van der Waals surface area (Å²) in [5.74, 6) is 0.556. The summed E-state index contributed by atoms with van der Waals surface area (Å²) in [5, 5.41) is 2.33. The number of likely N-dealkylation sites (tertiary alicyclic amines) is 1. The number of nitrogens with zero attached hydrogens (tertiary/aromatic N) is 4. The quantitative estimate of drug-likeness (QED) is 0.706. The van der Waals surface area contributed by atoms with Gasteiger partial charge in [0.25, 0.3) is 0 Å². The lowest BCUT2D eigenvalue weighted by molar-refractivity contribution is 0.194. The molecule has 1 aliphatic rings. The van der Waals surface area contributed by atoms with Gasteiger partial charge in [-0.3, -0.25) is 4.90 Å². The molecule has 0 amide bonds. The highest BCUT2D eigenvalue weighted by atomic mass is 32.2. The van der Waals surface area contributed by atoms with Gasteiger partial charge in [0.1, 0.15) is 5.65 Å². The van der Waals surface area contributed by atoms with E-state index < -0.39 is 0 Å². The van der Waals surface area contributed by atoms with Gasteiger partial charge in [-0.25, -0.2) is 9.97 Å². The number of H-pyrrole nitrogens is 1. The third-order valence-electron chi connectivity index (χ3n) is 5.14. The first-order valence-electron chi connectivity index (χ1n) is 9.03. The van der Waals surface area contributed by atoms with Crippen LogP contribution >= 0.6 is 11.8 Å². The Morgan fingerprint density at radius 1 is 1.36 bits per heavy atom. The predicted octanol–water partition coefficient (Wildman–Crippen LogP) is 3.88. The lowest BCUT2D eigenvalue weighted by Gasteiger charge is -2.32. The number of imidazole rings is 1. The summed E-state index contributed by atoms with van der Waals surface area (Å²) in [6.45, 7) is 6.42. The van der Waals surface area contributed by atoms with Crippen LogP contribution in [0.4, 0.5) is 0 Å². The molecule has 6 heteroatoms. The fraction of sp³-hybridized carbons (Fsp3) is 0.474. The topological polar surface area (TPSA) is 49.7 Å². The number of nitrogens with one attached hydrogen (secondary N) is 1. The van der Waals surface area contributed by atoms with Gasteiger partial charge in [-0.1, -0.05) is 11.8 Å². The first kappa shape index (κ1) is 16.7. The average Bonchev–Trinajstić information content (AvgIpc) is 3.25. The Morgan fingerprint density at radius 2 is 2.28 bits per heavy atom. The van der Waals surface area contributed by atoms with Crippen molar-refractivity contribution in [3.05, 3.63) is 42.0 Å². The van der Waals surface area contributed by atoms with Crippen LogP contribution in [0.2, 0.25) is 0 Å². The van der Waals surface area contributed by atoms with E-state index in [0.717, 1.165) is 30.4 Å². The molecule has 4 rings (SSSR count). The molecule has 0 radical (unpaired) electrons. The largest absolute Gasteiger partial charge is 0.343 e. The molecule has 1 N–H and O–H groups in total. The van der Waals surface area contributed by atoms with E-state index in [9.17, 15) is 0 Å². The number of hydrogen-bond donors (Lipinski definition) is 1. The van der Waals surface area contributed by atoms with Gasteiger partial charge in [0.2, 0.25) is 0 Å². The average molecular weight is 356 g/mol. The molecule has 0 aliphatic carbocycles. The lowest BCUT2D eigenvalue weighted by Crippen LogP contribution is -2.34. The number of aromatic nitrogens is 4. The fourth-order valence-electron chi connectivity index (χ4n) is 3.90. The predicted molar refractivity (Wildman–Crippen MR) is 103 cm³/mol. The van der Waals surface area contributed by atoms with Crippen molar-refractivity contribution in [2.75, 3.05) is 19.3 Å². The zero-order valence-corrected chi connectivity index (χ0v) is 15.7. The van der Waals surface area contributed by atoms with E-state index in [0.29, 0.717) is 5.92 Å². The van der Waals surface area contributed by atoms with Crippen LogP contribution in [0.1, 0.15) is 37.1 Å². The van der Waals surface area contributed by atoms with E-state index in [4.69, 9.17) is 0 Å². The molecule has 1 aliphatic heterocycles. The molecule has 132 valence electrons. The molecule has 3 aromatic heterocycles. The highest BCUT2D eigenvalue weighted by molar-refractivity contribution is 7.98. The van der Waals surface area contributed by atoms with Gasteiger partial charge in [0.15, 0.2) is 5.16 Å². The molecule has 4 heterocycles. The van der Waals surface area contributed by atoms with Gasteiger partial charge in [-0.2, -0.15) is 0 Å². The van der Waals surface area contributed by atoms with Gasteiger partial charge in [-0.05, 0) is 50.8 Å². The monoisotopic (exact) mass is 355 g/mol. The van der Waals surface area contributed by atoms with Crippen molar-refractivity contribution < 1.29 is 0 Å². The number of pyridine rings is 1. The van der Waals surface area contributed by atoms with Crippen LogP contribution in [0.3, 0.4) is 0 Å². The van der Waals surface area contributed by atoms with Crippen LogP contribution in [0.5, 0.6) is 0 Å². The number of thioether (sulfide) groups is 1. The second-order valence-electron chi connectivity index (χ2n) is 6.72. The molecule has 0 saturated carbocycles. The van der Waals surface area contributed by atoms with E-state index in [-0.39, 0.29) is 0 Å². The summed E-state index contributed by atoms with van der Waals surface area (Å²) in [7, 11) is 0. The SMILES string of the molecule is CCn1c(CN2CCC[C@@H](c3cc4cccnc4[nH]3)C2)cnc1SC. The molecule has 3 aromatic rings. The van der Waals surface area contributed by atoms with Crippen molar-refractivity contribution in [1.29, 1.82) is 0 Å². The van der Waals surface area contributed by atoms with E-state index in [1.54, 1.807) is 11.8 Å². The Hall–Kier alpha value is -1.79. The summed E-state index contributed by atoms with van der Waals surface area (Å²) in [6.07, 6.45) is 8.48. The molecule has 25 heavy (non-hydrogen) atoms. The Bertz CT molecular complexity index is 819. The Morgan fingerprint density at radius 3 is 3.08 bits per heavy atom. The molecule has 0 aromatic carbocycles. The van der Waals surface area contributed by atoms with Crippen LogP contribution in [0.25, 0.3) is 11.0 Å². The van der Waals surface area contributed by atoms with Gasteiger partial charge in [-0.15, -0.1) is 0 Å². The first-order valence-corrected chi connectivity index (χ1v) is 10.3. The van der Waals surface area contributed by atoms with Gasteiger partial charge in [0.05, 0.1) is 11.9 Å². The molecular weight excluding hydrogens is 330 g/mol. The highest BCUT2D eigenvalue weighted by Gasteiger charge is 2.24. The zero-order chi connectivity index (χ0) is 17.2. The lowest BCUT2D eigenvalue weighted by atomic mass is 9.94. The maximum Gasteiger partial charge on any atom is 0.167 e. The third kappa shape index (κ3) is 3.33. The van der Waals surface area contributed by atoms with E-state index in [1.807, 2.05) is 18.5 Å². The van der Waals surface area contributed by atoms with Crippen molar-refractivity contribution in [3.8, 4) is 0 Å². The normalized spacial score (nSPS) is 18.9. The maximum absolute atomic E-state index is 4.56. The number of aromatic amines is 1. The third-order valence-corrected chi connectivity index (χ3v) is 5.83. The Kier molecular flexibility index (Phi) is 4.81. The van der Waals surface area contributed by atoms with E-state index >= 15 is 0 Å². The molecule has 0 spiro atoms. The number of fused-ring (bicyclic) bond motifs is 1. The van der Waals surface area contributed by atoms with Gasteiger partial charge >= 0.3 is 0 Å². The number of hydrogen-bond acceptors (Lipinski definition) is 4. The molecule has 1 saturated heterocycles. The standard InChI is InChI=1S/C19H25N5S/c1-3-24-16(11-21-19(24)25-2)13-23-9-5-7-15(12-23)17-10-14-6-4-8-20-18(14)22-17/h4,6,8,10-11,15H,3,5,7,9,12-13H2,1-2H3,(H,20,22)/t15-/m1/s1. The number of piperidine rings is 1. The molecule has 0 unspecified atom stereocenters. The van der Waals surface area contributed by atoms with Gasteiger partial charge in [0, 0.05) is 42.8 Å². The first-order chi connectivity index (χ1) is 12.3. The van der Waals surface area contributed by atoms with Crippen molar-refractivity contribution in [3.63, 3.8) is 0 Å². The van der Waals surface area contributed by atoms with Crippen molar-refractivity contribution >= 4 is 22.8 Å². The summed E-state index contributed by atoms with van der Waals surface area (Å²) < 4.78 is 2.33. The van der Waals surface area contributed by atoms with E-state index in [1.165, 1.54) is 36.2 Å². The molecule has 5 nitrogen and oxygen atoms in total. The van der Waals surface area contributed by atoms with Crippen LogP contribution in [-0.2, 0) is 13.1 Å². The van der Waals surface area contributed by atoms with Crippen molar-refractivity contribution in [2.24, 2.45) is 0 Å². The zero-order valence-electron chi connectivity index (χ0n) is 14.9. The minimum absolute atomic E-state index is 0.556. The minimum Gasteiger partial charge on any atom is -0.343 e. The maximum atomic E-state index is 4.56. The van der Waals surface area contributed by atoms with E-state index in [2.05, 4.69) is 49.7 Å². The molecule has 1 atom stereocenters. The van der Waals surface area contributed by atoms with Crippen LogP contribution < -0.4 is 0 Å². The summed E-state index contributed by atoms with van der Waals surface area (Å²) >= 11 is 1.72. The van der Waals surface area contributed by atoms with Crippen LogP contribution in [-0.4, -0.2) is 43.8 Å². The Balaban J connectivity index is 1.50. The molecule has 0 bridgehead atoms.